The maximum atomic E-state index is 11.0. The minimum atomic E-state index is -3.56. The van der Waals surface area contributed by atoms with Gasteiger partial charge in [0.1, 0.15) is 4.21 Å². The van der Waals surface area contributed by atoms with E-state index in [0.29, 0.717) is 0 Å². The summed E-state index contributed by atoms with van der Waals surface area (Å²) in [5.41, 5.74) is 0. The summed E-state index contributed by atoms with van der Waals surface area (Å²) >= 11 is 1.07. The Morgan fingerprint density at radius 1 is 1.64 bits per heavy atom. The van der Waals surface area contributed by atoms with E-state index in [9.17, 15) is 8.42 Å². The fourth-order valence-electron chi connectivity index (χ4n) is 0.527. The predicted octanol–water partition coefficient (Wildman–Crippen LogP) is 0.507. The second-order valence-corrected chi connectivity index (χ2v) is 4.51. The fourth-order valence-corrected chi connectivity index (χ4v) is 2.25. The van der Waals surface area contributed by atoms with E-state index < -0.39 is 10.0 Å². The first-order valence-electron chi connectivity index (χ1n) is 2.61. The third kappa shape index (κ3) is 1.69. The number of nitrogens with one attached hydrogen (secondary N) is 1. The molecule has 0 aromatic carbocycles. The predicted molar refractivity (Wildman–Crippen MR) is 40.3 cm³/mol. The van der Waals surface area contributed by atoms with E-state index in [4.69, 9.17) is 5.26 Å². The van der Waals surface area contributed by atoms with Crippen LogP contribution in [0.15, 0.2) is 21.7 Å². The number of hydrogen-bond donors (Lipinski definition) is 1. The van der Waals surface area contributed by atoms with Crippen molar-refractivity contribution in [3.05, 3.63) is 17.5 Å². The van der Waals surface area contributed by atoms with Crippen molar-refractivity contribution in [1.82, 2.24) is 4.72 Å². The number of hydrogen-bond acceptors (Lipinski definition) is 4. The monoisotopic (exact) mass is 188 g/mol. The van der Waals surface area contributed by atoms with Crippen LogP contribution in [0.25, 0.3) is 0 Å². The zero-order chi connectivity index (χ0) is 8.32. The molecule has 1 rings (SSSR count). The van der Waals surface area contributed by atoms with Crippen molar-refractivity contribution in [2.45, 2.75) is 4.21 Å². The van der Waals surface area contributed by atoms with Crippen LogP contribution in [0, 0.1) is 11.5 Å². The maximum absolute atomic E-state index is 11.0. The molecule has 0 aliphatic rings. The smallest absolute Gasteiger partial charge is 0.215 e. The Balaban J connectivity index is 3.04. The normalized spacial score (nSPS) is 10.5. The number of rotatable bonds is 2. The van der Waals surface area contributed by atoms with Crippen molar-refractivity contribution < 1.29 is 8.42 Å². The van der Waals surface area contributed by atoms with Crippen molar-refractivity contribution in [2.24, 2.45) is 0 Å². The summed E-state index contributed by atoms with van der Waals surface area (Å²) in [4.78, 5) is 0. The first-order valence-corrected chi connectivity index (χ1v) is 4.97. The van der Waals surface area contributed by atoms with Crippen LogP contribution >= 0.6 is 11.3 Å². The van der Waals surface area contributed by atoms with Gasteiger partial charge in [0.25, 0.3) is 10.0 Å². The first kappa shape index (κ1) is 8.04. The van der Waals surface area contributed by atoms with Gasteiger partial charge in [0.15, 0.2) is 6.19 Å². The molecule has 0 aliphatic carbocycles. The Labute approximate surface area is 68.1 Å². The molecule has 0 fully saturated rings. The minimum absolute atomic E-state index is 0.152. The number of nitriles is 1. The van der Waals surface area contributed by atoms with Gasteiger partial charge in [-0.3, -0.25) is 0 Å². The van der Waals surface area contributed by atoms with Gasteiger partial charge in [0, 0.05) is 0 Å². The zero-order valence-corrected chi connectivity index (χ0v) is 6.95. The molecule has 0 saturated carbocycles. The van der Waals surface area contributed by atoms with Crippen LogP contribution in [-0.4, -0.2) is 8.42 Å². The summed E-state index contributed by atoms with van der Waals surface area (Å²) in [5, 5.41) is 9.70. The van der Waals surface area contributed by atoms with Gasteiger partial charge in [-0.25, -0.2) is 4.72 Å². The lowest BCUT2D eigenvalue weighted by Gasteiger charge is -1.93. The molecule has 0 bridgehead atoms. The summed E-state index contributed by atoms with van der Waals surface area (Å²) in [7, 11) is -3.56. The van der Waals surface area contributed by atoms with Gasteiger partial charge in [-0.2, -0.15) is 13.7 Å². The van der Waals surface area contributed by atoms with E-state index in [1.807, 2.05) is 0 Å². The molecule has 0 atom stereocenters. The Morgan fingerprint density at radius 3 is 2.82 bits per heavy atom. The van der Waals surface area contributed by atoms with Gasteiger partial charge in [-0.15, -0.1) is 11.3 Å². The summed E-state index contributed by atoms with van der Waals surface area (Å²) < 4.78 is 23.8. The van der Waals surface area contributed by atoms with Gasteiger partial charge >= 0.3 is 0 Å². The Kier molecular flexibility index (Phi) is 2.12. The molecule has 0 amide bonds. The molecule has 0 radical (unpaired) electrons. The molecular formula is C5H4N2O2S2. The summed E-state index contributed by atoms with van der Waals surface area (Å²) in [5.74, 6) is 0. The molecule has 11 heavy (non-hydrogen) atoms. The third-order valence-corrected chi connectivity index (χ3v) is 3.57. The largest absolute Gasteiger partial charge is 0.279 e. The van der Waals surface area contributed by atoms with E-state index in [2.05, 4.69) is 0 Å². The van der Waals surface area contributed by atoms with Gasteiger partial charge in [0.2, 0.25) is 0 Å². The number of nitrogens with zero attached hydrogens (tertiary/aromatic N) is 1. The first-order chi connectivity index (χ1) is 5.17. The highest BCUT2D eigenvalue weighted by Crippen LogP contribution is 2.14. The fraction of sp³-hybridized carbons (Fsp3) is 0. The van der Waals surface area contributed by atoms with Crippen molar-refractivity contribution in [2.75, 3.05) is 0 Å². The maximum Gasteiger partial charge on any atom is 0.279 e. The van der Waals surface area contributed by atoms with Crippen molar-refractivity contribution in [1.29, 1.82) is 5.26 Å². The Hall–Kier alpha value is -1.06. The molecule has 0 saturated heterocycles. The van der Waals surface area contributed by atoms with E-state index in [1.165, 1.54) is 12.3 Å². The van der Waals surface area contributed by atoms with Gasteiger partial charge in [-0.05, 0) is 11.4 Å². The average Bonchev–Trinajstić information content (AvgIpc) is 2.37. The van der Waals surface area contributed by atoms with Gasteiger partial charge < -0.3 is 0 Å². The molecule has 0 unspecified atom stereocenters. The molecule has 1 aromatic rings. The van der Waals surface area contributed by atoms with Crippen molar-refractivity contribution in [3.8, 4) is 6.19 Å². The van der Waals surface area contributed by atoms with Gasteiger partial charge in [-0.1, -0.05) is 6.07 Å². The average molecular weight is 188 g/mol. The summed E-state index contributed by atoms with van der Waals surface area (Å²) in [6.45, 7) is 0. The summed E-state index contributed by atoms with van der Waals surface area (Å²) in [6.07, 6.45) is 1.36. The number of thiophene rings is 1. The second-order valence-electron chi connectivity index (χ2n) is 1.65. The molecule has 4 nitrogen and oxygen atoms in total. The van der Waals surface area contributed by atoms with Crippen LogP contribution in [0.4, 0.5) is 0 Å². The molecular weight excluding hydrogens is 184 g/mol. The highest BCUT2D eigenvalue weighted by Gasteiger charge is 2.12. The molecule has 1 heterocycles. The Bertz CT molecular complexity index is 360. The molecule has 6 heteroatoms. The highest BCUT2D eigenvalue weighted by molar-refractivity contribution is 7.91. The molecule has 1 N–H and O–H groups in total. The van der Waals surface area contributed by atoms with E-state index in [0.717, 1.165) is 11.3 Å². The van der Waals surface area contributed by atoms with E-state index in [-0.39, 0.29) is 4.21 Å². The topological polar surface area (TPSA) is 70.0 Å². The standard InChI is InChI=1S/C5H4N2O2S2/c6-4-7-11(8,9)5-2-1-3-10-5/h1-3,7H. The minimum Gasteiger partial charge on any atom is -0.215 e. The van der Waals surface area contributed by atoms with Crippen molar-refractivity contribution >= 4 is 21.4 Å². The van der Waals surface area contributed by atoms with Crippen LogP contribution in [0.1, 0.15) is 0 Å². The zero-order valence-electron chi connectivity index (χ0n) is 5.31. The molecule has 0 aliphatic heterocycles. The van der Waals surface area contributed by atoms with Crippen LogP contribution in [0.5, 0.6) is 0 Å². The molecule has 0 spiro atoms. The molecule has 1 aromatic heterocycles. The highest BCUT2D eigenvalue weighted by atomic mass is 32.2. The third-order valence-electron chi connectivity index (χ3n) is 0.940. The van der Waals surface area contributed by atoms with E-state index >= 15 is 0 Å². The lowest BCUT2D eigenvalue weighted by molar-refractivity contribution is 0.593. The lowest BCUT2D eigenvalue weighted by atomic mass is 10.7. The summed E-state index contributed by atoms with van der Waals surface area (Å²) in [6, 6.07) is 3.04. The van der Waals surface area contributed by atoms with Crippen LogP contribution in [0.2, 0.25) is 0 Å². The van der Waals surface area contributed by atoms with Crippen LogP contribution in [-0.2, 0) is 10.0 Å². The second kappa shape index (κ2) is 2.90. The van der Waals surface area contributed by atoms with E-state index in [1.54, 1.807) is 16.2 Å². The Morgan fingerprint density at radius 2 is 2.36 bits per heavy atom. The molecule has 58 valence electrons. The van der Waals surface area contributed by atoms with Crippen molar-refractivity contribution in [3.63, 3.8) is 0 Å². The SMILES string of the molecule is N#CNS(=O)(=O)c1cccs1. The van der Waals surface area contributed by atoms with Crippen LogP contribution in [0.3, 0.4) is 0 Å². The quantitative estimate of drug-likeness (QED) is 0.543. The lowest BCUT2D eigenvalue weighted by Crippen LogP contribution is -2.16. The number of sulfonamides is 1. The van der Waals surface area contributed by atoms with Crippen LogP contribution < -0.4 is 4.72 Å². The van der Waals surface area contributed by atoms with Gasteiger partial charge in [0.05, 0.1) is 0 Å².